The van der Waals surface area contributed by atoms with Crippen LogP contribution in [0.3, 0.4) is 0 Å². The van der Waals surface area contributed by atoms with E-state index in [-0.39, 0.29) is 11.7 Å². The van der Waals surface area contributed by atoms with Crippen LogP contribution >= 0.6 is 0 Å². The number of ketones is 1. The SMILES string of the molecule is CC(=O)Nc1c(C)c(C)c(C)c(C)c1C(C)=O. The molecule has 1 aromatic carbocycles. The highest BCUT2D eigenvalue weighted by Crippen LogP contribution is 2.31. The summed E-state index contributed by atoms with van der Waals surface area (Å²) in [6, 6.07) is 0. The second kappa shape index (κ2) is 4.70. The van der Waals surface area contributed by atoms with Gasteiger partial charge in [0.05, 0.1) is 5.69 Å². The molecule has 0 aromatic heterocycles. The second-order valence-electron chi connectivity index (χ2n) is 4.49. The van der Waals surface area contributed by atoms with Crippen LogP contribution in [0.2, 0.25) is 0 Å². The first kappa shape index (κ1) is 13.4. The van der Waals surface area contributed by atoms with E-state index in [1.54, 1.807) is 0 Å². The highest BCUT2D eigenvalue weighted by atomic mass is 16.1. The van der Waals surface area contributed by atoms with Gasteiger partial charge in [-0.25, -0.2) is 0 Å². The third-order valence-electron chi connectivity index (χ3n) is 3.34. The minimum absolute atomic E-state index is 0.0162. The van der Waals surface area contributed by atoms with E-state index in [4.69, 9.17) is 0 Å². The van der Waals surface area contributed by atoms with E-state index < -0.39 is 0 Å². The fraction of sp³-hybridized carbons (Fsp3) is 0.429. The van der Waals surface area contributed by atoms with Gasteiger partial charge in [0.15, 0.2) is 5.78 Å². The summed E-state index contributed by atoms with van der Waals surface area (Å²) in [5, 5.41) is 2.77. The largest absolute Gasteiger partial charge is 0.325 e. The Hall–Kier alpha value is -1.64. The predicted octanol–water partition coefficient (Wildman–Crippen LogP) is 3.08. The standard InChI is InChI=1S/C14H19NO2/c1-7-8(2)10(4)14(15-12(6)17)13(9(7)3)11(5)16/h1-6H3,(H,15,17). The highest BCUT2D eigenvalue weighted by molar-refractivity contribution is 6.05. The first-order chi connectivity index (χ1) is 7.77. The lowest BCUT2D eigenvalue weighted by Gasteiger charge is -2.19. The van der Waals surface area contributed by atoms with Crippen molar-refractivity contribution in [3.8, 4) is 0 Å². The Balaban J connectivity index is 3.65. The maximum atomic E-state index is 11.7. The molecule has 0 atom stereocenters. The molecule has 0 heterocycles. The molecule has 17 heavy (non-hydrogen) atoms. The summed E-state index contributed by atoms with van der Waals surface area (Å²) < 4.78 is 0. The molecule has 0 aliphatic rings. The summed E-state index contributed by atoms with van der Waals surface area (Å²) in [5.41, 5.74) is 5.43. The van der Waals surface area contributed by atoms with Crippen LogP contribution < -0.4 is 5.32 Å². The zero-order chi connectivity index (χ0) is 13.3. The van der Waals surface area contributed by atoms with Gasteiger partial charge >= 0.3 is 0 Å². The number of nitrogens with one attached hydrogen (secondary N) is 1. The topological polar surface area (TPSA) is 46.2 Å². The third-order valence-corrected chi connectivity index (χ3v) is 3.34. The monoisotopic (exact) mass is 233 g/mol. The zero-order valence-corrected chi connectivity index (χ0v) is 11.3. The van der Waals surface area contributed by atoms with Crippen LogP contribution in [0.4, 0.5) is 5.69 Å². The first-order valence-corrected chi connectivity index (χ1v) is 5.66. The zero-order valence-electron chi connectivity index (χ0n) is 11.3. The molecule has 92 valence electrons. The summed E-state index contributed by atoms with van der Waals surface area (Å²) in [4.78, 5) is 23.0. The predicted molar refractivity (Wildman–Crippen MR) is 69.7 cm³/mol. The number of Topliss-reactive ketones (excluding diaryl/α,β-unsaturated/α-hetero) is 1. The average Bonchev–Trinajstić information content (AvgIpc) is 2.22. The maximum absolute atomic E-state index is 11.7. The summed E-state index contributed by atoms with van der Waals surface area (Å²) in [6.45, 7) is 10.8. The van der Waals surface area contributed by atoms with E-state index in [1.165, 1.54) is 13.8 Å². The van der Waals surface area contributed by atoms with Crippen LogP contribution in [0.15, 0.2) is 0 Å². The van der Waals surface area contributed by atoms with E-state index in [2.05, 4.69) is 5.32 Å². The quantitative estimate of drug-likeness (QED) is 0.798. The van der Waals surface area contributed by atoms with Crippen LogP contribution in [-0.2, 0) is 4.79 Å². The molecule has 3 heteroatoms. The molecule has 0 aliphatic carbocycles. The van der Waals surface area contributed by atoms with Crippen molar-refractivity contribution in [2.24, 2.45) is 0 Å². The Labute approximate surface area is 102 Å². The maximum Gasteiger partial charge on any atom is 0.221 e. The van der Waals surface area contributed by atoms with E-state index in [0.717, 1.165) is 22.3 Å². The minimum Gasteiger partial charge on any atom is -0.325 e. The van der Waals surface area contributed by atoms with Crippen molar-refractivity contribution in [2.75, 3.05) is 5.32 Å². The fourth-order valence-electron chi connectivity index (χ4n) is 2.08. The normalized spacial score (nSPS) is 10.2. The summed E-state index contributed by atoms with van der Waals surface area (Å²) in [6.07, 6.45) is 0. The van der Waals surface area contributed by atoms with Crippen molar-refractivity contribution in [1.82, 2.24) is 0 Å². The van der Waals surface area contributed by atoms with Crippen LogP contribution in [0, 0.1) is 27.7 Å². The molecule has 1 N–H and O–H groups in total. The number of carbonyl (C=O) groups excluding carboxylic acids is 2. The number of carbonyl (C=O) groups is 2. The highest BCUT2D eigenvalue weighted by Gasteiger charge is 2.18. The average molecular weight is 233 g/mol. The second-order valence-corrected chi connectivity index (χ2v) is 4.49. The van der Waals surface area contributed by atoms with E-state index in [9.17, 15) is 9.59 Å². The van der Waals surface area contributed by atoms with Gasteiger partial charge in [0.1, 0.15) is 0 Å². The molecule has 1 amide bonds. The molecule has 0 bridgehead atoms. The smallest absolute Gasteiger partial charge is 0.221 e. The van der Waals surface area contributed by atoms with Gasteiger partial charge < -0.3 is 5.32 Å². The van der Waals surface area contributed by atoms with E-state index in [1.807, 2.05) is 27.7 Å². The van der Waals surface area contributed by atoms with Gasteiger partial charge in [-0.15, -0.1) is 0 Å². The van der Waals surface area contributed by atoms with Gasteiger partial charge in [0.25, 0.3) is 0 Å². The molecule has 0 saturated carbocycles. The molecule has 0 saturated heterocycles. The Kier molecular flexibility index (Phi) is 3.71. The molecule has 0 radical (unpaired) electrons. The first-order valence-electron chi connectivity index (χ1n) is 5.66. The summed E-state index contributed by atoms with van der Waals surface area (Å²) >= 11 is 0. The van der Waals surface area contributed by atoms with E-state index in [0.29, 0.717) is 11.3 Å². The van der Waals surface area contributed by atoms with Crippen LogP contribution in [0.5, 0.6) is 0 Å². The van der Waals surface area contributed by atoms with E-state index >= 15 is 0 Å². The summed E-state index contributed by atoms with van der Waals surface area (Å²) in [7, 11) is 0. The lowest BCUT2D eigenvalue weighted by molar-refractivity contribution is -0.114. The van der Waals surface area contributed by atoms with Crippen molar-refractivity contribution in [3.63, 3.8) is 0 Å². The van der Waals surface area contributed by atoms with Crippen LogP contribution in [-0.4, -0.2) is 11.7 Å². The third kappa shape index (κ3) is 2.38. The van der Waals surface area contributed by atoms with Crippen LogP contribution in [0.25, 0.3) is 0 Å². The van der Waals surface area contributed by atoms with Gasteiger partial charge in [-0.2, -0.15) is 0 Å². The molecular formula is C14H19NO2. The van der Waals surface area contributed by atoms with Crippen LogP contribution in [0.1, 0.15) is 46.5 Å². The number of hydrogen-bond donors (Lipinski definition) is 1. The van der Waals surface area contributed by atoms with Gasteiger partial charge in [-0.05, 0) is 56.9 Å². The van der Waals surface area contributed by atoms with Crippen molar-refractivity contribution in [3.05, 3.63) is 27.8 Å². The number of amides is 1. The number of anilines is 1. The molecule has 0 aliphatic heterocycles. The van der Waals surface area contributed by atoms with Crippen molar-refractivity contribution in [1.29, 1.82) is 0 Å². The van der Waals surface area contributed by atoms with Crippen molar-refractivity contribution < 1.29 is 9.59 Å². The number of hydrogen-bond acceptors (Lipinski definition) is 2. The van der Waals surface area contributed by atoms with Crippen molar-refractivity contribution in [2.45, 2.75) is 41.5 Å². The Morgan fingerprint density at radius 3 is 1.71 bits per heavy atom. The molecular weight excluding hydrogens is 214 g/mol. The van der Waals surface area contributed by atoms with Gasteiger partial charge in [-0.1, -0.05) is 0 Å². The number of rotatable bonds is 2. The molecule has 0 spiro atoms. The molecule has 1 rings (SSSR count). The van der Waals surface area contributed by atoms with Gasteiger partial charge in [-0.3, -0.25) is 9.59 Å². The molecule has 1 aromatic rings. The Morgan fingerprint density at radius 2 is 1.29 bits per heavy atom. The Morgan fingerprint density at radius 1 is 0.824 bits per heavy atom. The van der Waals surface area contributed by atoms with Gasteiger partial charge in [0.2, 0.25) is 5.91 Å². The lowest BCUT2D eigenvalue weighted by atomic mass is 9.90. The van der Waals surface area contributed by atoms with Crippen molar-refractivity contribution >= 4 is 17.4 Å². The Bertz CT molecular complexity index is 502. The lowest BCUT2D eigenvalue weighted by Crippen LogP contribution is -2.14. The minimum atomic E-state index is -0.154. The molecule has 0 unspecified atom stereocenters. The van der Waals surface area contributed by atoms with Gasteiger partial charge in [0, 0.05) is 12.5 Å². The molecule has 3 nitrogen and oxygen atoms in total. The fourth-order valence-corrected chi connectivity index (χ4v) is 2.08. The number of benzene rings is 1. The summed E-state index contributed by atoms with van der Waals surface area (Å²) in [5.74, 6) is -0.171. The molecule has 0 fully saturated rings.